The number of hydrogen-bond acceptors (Lipinski definition) is 4. The first kappa shape index (κ1) is 12.1. The van der Waals surface area contributed by atoms with Crippen molar-refractivity contribution < 1.29 is 4.74 Å². The van der Waals surface area contributed by atoms with Crippen LogP contribution in [0.25, 0.3) is 10.2 Å². The summed E-state index contributed by atoms with van der Waals surface area (Å²) in [7, 11) is 0. The molecule has 1 N–H and O–H groups in total. The minimum absolute atomic E-state index is 0.512. The third-order valence-electron chi connectivity index (χ3n) is 3.34. The molecule has 3 nitrogen and oxygen atoms in total. The summed E-state index contributed by atoms with van der Waals surface area (Å²) in [5.41, 5.74) is 2.53. The number of rotatable bonds is 3. The smallest absolute Gasteiger partial charge is 0.0907 e. The van der Waals surface area contributed by atoms with Gasteiger partial charge in [0.05, 0.1) is 28.4 Å². The van der Waals surface area contributed by atoms with Gasteiger partial charge in [0.15, 0.2) is 0 Å². The van der Waals surface area contributed by atoms with Gasteiger partial charge in [-0.15, -0.1) is 11.3 Å². The lowest BCUT2D eigenvalue weighted by Gasteiger charge is -2.23. The Morgan fingerprint density at radius 2 is 2.44 bits per heavy atom. The number of ether oxygens (including phenoxy) is 1. The molecule has 1 aliphatic heterocycles. The molecule has 18 heavy (non-hydrogen) atoms. The van der Waals surface area contributed by atoms with Crippen LogP contribution >= 0.6 is 11.3 Å². The maximum absolute atomic E-state index is 5.47. The average molecular weight is 262 g/mol. The van der Waals surface area contributed by atoms with Crippen molar-refractivity contribution in [3.8, 4) is 0 Å². The first-order valence-electron chi connectivity index (χ1n) is 6.48. The van der Waals surface area contributed by atoms with E-state index in [9.17, 15) is 0 Å². The quantitative estimate of drug-likeness (QED) is 0.923. The SMILES string of the molecule is Cc1nc2ccc(CCC3COCCN3)cc2s1. The Hall–Kier alpha value is -0.970. The normalized spacial score (nSPS) is 20.4. The fourth-order valence-corrected chi connectivity index (χ4v) is 3.28. The molecular weight excluding hydrogens is 244 g/mol. The predicted octanol–water partition coefficient (Wildman–Crippen LogP) is 2.53. The van der Waals surface area contributed by atoms with Crippen LogP contribution in [0.1, 0.15) is 17.0 Å². The molecule has 0 spiro atoms. The number of aromatic nitrogens is 1. The topological polar surface area (TPSA) is 34.1 Å². The highest BCUT2D eigenvalue weighted by molar-refractivity contribution is 7.18. The Kier molecular flexibility index (Phi) is 3.59. The highest BCUT2D eigenvalue weighted by Gasteiger charge is 2.12. The van der Waals surface area contributed by atoms with Crippen molar-refractivity contribution in [1.82, 2.24) is 10.3 Å². The van der Waals surface area contributed by atoms with Gasteiger partial charge in [-0.3, -0.25) is 0 Å². The highest BCUT2D eigenvalue weighted by atomic mass is 32.1. The van der Waals surface area contributed by atoms with Gasteiger partial charge in [-0.05, 0) is 37.5 Å². The number of benzene rings is 1. The van der Waals surface area contributed by atoms with Gasteiger partial charge in [0.1, 0.15) is 0 Å². The zero-order valence-electron chi connectivity index (χ0n) is 10.6. The van der Waals surface area contributed by atoms with Crippen molar-refractivity contribution in [2.24, 2.45) is 0 Å². The first-order chi connectivity index (χ1) is 8.81. The molecule has 1 fully saturated rings. The Labute approximate surface area is 111 Å². The number of fused-ring (bicyclic) bond motifs is 1. The van der Waals surface area contributed by atoms with Crippen molar-refractivity contribution in [2.45, 2.75) is 25.8 Å². The molecule has 2 aromatic rings. The number of thiazole rings is 1. The third-order valence-corrected chi connectivity index (χ3v) is 4.27. The molecule has 4 heteroatoms. The largest absolute Gasteiger partial charge is 0.379 e. The van der Waals surface area contributed by atoms with Gasteiger partial charge in [-0.25, -0.2) is 4.98 Å². The van der Waals surface area contributed by atoms with Crippen LogP contribution in [0.2, 0.25) is 0 Å². The number of nitrogens with one attached hydrogen (secondary N) is 1. The zero-order valence-corrected chi connectivity index (χ0v) is 11.4. The van der Waals surface area contributed by atoms with Gasteiger partial charge in [0, 0.05) is 12.6 Å². The van der Waals surface area contributed by atoms with E-state index in [0.29, 0.717) is 6.04 Å². The van der Waals surface area contributed by atoms with Crippen molar-refractivity contribution in [3.05, 3.63) is 28.8 Å². The molecule has 1 aromatic carbocycles. The molecule has 1 aliphatic rings. The van der Waals surface area contributed by atoms with Gasteiger partial charge in [0.25, 0.3) is 0 Å². The van der Waals surface area contributed by atoms with E-state index in [0.717, 1.165) is 43.1 Å². The second-order valence-electron chi connectivity index (χ2n) is 4.80. The molecule has 0 bridgehead atoms. The second-order valence-corrected chi connectivity index (χ2v) is 6.03. The Bertz CT molecular complexity index is 532. The zero-order chi connectivity index (χ0) is 12.4. The third kappa shape index (κ3) is 2.71. The van der Waals surface area contributed by atoms with E-state index < -0.39 is 0 Å². The monoisotopic (exact) mass is 262 g/mol. The van der Waals surface area contributed by atoms with E-state index in [-0.39, 0.29) is 0 Å². The molecule has 1 saturated heterocycles. The van der Waals surface area contributed by atoms with Crippen molar-refractivity contribution in [1.29, 1.82) is 0 Å². The standard InChI is InChI=1S/C14H18N2OS/c1-10-16-13-5-3-11(8-14(13)18-10)2-4-12-9-17-7-6-15-12/h3,5,8,12,15H,2,4,6-7,9H2,1H3. The Morgan fingerprint density at radius 3 is 3.28 bits per heavy atom. The number of morpholine rings is 1. The van der Waals surface area contributed by atoms with Gasteiger partial charge in [0.2, 0.25) is 0 Å². The van der Waals surface area contributed by atoms with Gasteiger partial charge < -0.3 is 10.1 Å². The summed E-state index contributed by atoms with van der Waals surface area (Å²) in [5, 5.41) is 4.64. The minimum Gasteiger partial charge on any atom is -0.379 e. The van der Waals surface area contributed by atoms with Gasteiger partial charge >= 0.3 is 0 Å². The lowest BCUT2D eigenvalue weighted by molar-refractivity contribution is 0.0743. The molecule has 0 aliphatic carbocycles. The van der Waals surface area contributed by atoms with Gasteiger partial charge in [-0.2, -0.15) is 0 Å². The van der Waals surface area contributed by atoms with Crippen LogP contribution in [0.5, 0.6) is 0 Å². The number of hydrogen-bond donors (Lipinski definition) is 1. The molecule has 96 valence electrons. The van der Waals surface area contributed by atoms with E-state index in [1.807, 2.05) is 0 Å². The van der Waals surface area contributed by atoms with Crippen molar-refractivity contribution >= 4 is 21.6 Å². The van der Waals surface area contributed by atoms with E-state index >= 15 is 0 Å². The molecule has 0 radical (unpaired) electrons. The van der Waals surface area contributed by atoms with E-state index in [1.54, 1.807) is 11.3 Å². The van der Waals surface area contributed by atoms with Gasteiger partial charge in [-0.1, -0.05) is 6.07 Å². The number of nitrogens with zero attached hydrogens (tertiary/aromatic N) is 1. The minimum atomic E-state index is 0.512. The molecular formula is C14H18N2OS. The van der Waals surface area contributed by atoms with Crippen LogP contribution in [0.3, 0.4) is 0 Å². The molecule has 1 unspecified atom stereocenters. The van der Waals surface area contributed by atoms with Crippen LogP contribution in [0.15, 0.2) is 18.2 Å². The fourth-order valence-electron chi connectivity index (χ4n) is 2.39. The molecule has 1 aromatic heterocycles. The fraction of sp³-hybridized carbons (Fsp3) is 0.500. The molecule has 2 heterocycles. The predicted molar refractivity (Wildman–Crippen MR) is 75.3 cm³/mol. The highest BCUT2D eigenvalue weighted by Crippen LogP contribution is 2.23. The molecule has 3 rings (SSSR count). The molecule has 1 atom stereocenters. The lowest BCUT2D eigenvalue weighted by Crippen LogP contribution is -2.41. The van der Waals surface area contributed by atoms with E-state index in [1.165, 1.54) is 10.3 Å². The second kappa shape index (κ2) is 5.34. The maximum atomic E-state index is 5.47. The Morgan fingerprint density at radius 1 is 1.50 bits per heavy atom. The van der Waals surface area contributed by atoms with E-state index in [4.69, 9.17) is 4.74 Å². The summed E-state index contributed by atoms with van der Waals surface area (Å²) in [6.45, 7) is 4.75. The van der Waals surface area contributed by atoms with Crippen molar-refractivity contribution in [2.75, 3.05) is 19.8 Å². The van der Waals surface area contributed by atoms with E-state index in [2.05, 4.69) is 35.4 Å². The van der Waals surface area contributed by atoms with Crippen LogP contribution in [-0.2, 0) is 11.2 Å². The summed E-state index contributed by atoms with van der Waals surface area (Å²) in [5.74, 6) is 0. The summed E-state index contributed by atoms with van der Waals surface area (Å²) in [6.07, 6.45) is 2.25. The first-order valence-corrected chi connectivity index (χ1v) is 7.30. The maximum Gasteiger partial charge on any atom is 0.0907 e. The average Bonchev–Trinajstić information content (AvgIpc) is 2.77. The molecule has 0 saturated carbocycles. The molecule has 0 amide bonds. The summed E-state index contributed by atoms with van der Waals surface area (Å²) >= 11 is 1.78. The summed E-state index contributed by atoms with van der Waals surface area (Å²) in [6, 6.07) is 7.13. The summed E-state index contributed by atoms with van der Waals surface area (Å²) < 4.78 is 6.78. The Balaban J connectivity index is 1.66. The lowest BCUT2D eigenvalue weighted by atomic mass is 10.0. The van der Waals surface area contributed by atoms with Crippen LogP contribution in [-0.4, -0.2) is 30.8 Å². The van der Waals surface area contributed by atoms with Crippen LogP contribution < -0.4 is 5.32 Å². The van der Waals surface area contributed by atoms with Crippen molar-refractivity contribution in [3.63, 3.8) is 0 Å². The van der Waals surface area contributed by atoms with Crippen LogP contribution in [0.4, 0.5) is 0 Å². The number of aryl methyl sites for hydroxylation is 2. The summed E-state index contributed by atoms with van der Waals surface area (Å²) in [4.78, 5) is 4.49. The van der Waals surface area contributed by atoms with Crippen LogP contribution in [0, 0.1) is 6.92 Å².